The topological polar surface area (TPSA) is 175 Å². The van der Waals surface area contributed by atoms with Gasteiger partial charge in [-0.25, -0.2) is 4.79 Å². The maximum Gasteiger partial charge on any atom is 0.335 e. The van der Waals surface area contributed by atoms with Gasteiger partial charge in [0.25, 0.3) is 0 Å². The fourth-order valence-corrected chi connectivity index (χ4v) is 9.15. The second-order valence-electron chi connectivity index (χ2n) is 21.3. The quantitative estimate of drug-likeness (QED) is 0.0228. The van der Waals surface area contributed by atoms with Crippen LogP contribution in [-0.4, -0.2) is 89.2 Å². The molecule has 0 aliphatic carbocycles. The van der Waals surface area contributed by atoms with Crippen LogP contribution < -0.4 is 0 Å². The number of rotatable bonds is 53. The zero-order valence-corrected chi connectivity index (χ0v) is 49.8. The first-order valence-corrected chi connectivity index (χ1v) is 31.6. The summed E-state index contributed by atoms with van der Waals surface area (Å²) in [6.45, 7) is 5.83. The van der Waals surface area contributed by atoms with Crippen molar-refractivity contribution in [3.05, 3.63) is 85.1 Å². The number of allylic oxidation sites excluding steroid dienone is 14. The van der Waals surface area contributed by atoms with E-state index in [1.807, 2.05) is 12.2 Å². The number of ether oxygens (including phenoxy) is 5. The molecule has 0 aromatic heterocycles. The summed E-state index contributed by atoms with van der Waals surface area (Å²) >= 11 is 0. The maximum atomic E-state index is 13.2. The summed E-state index contributed by atoms with van der Waals surface area (Å²) in [5, 5.41) is 31.5. The fraction of sp³-hybridized carbons (Fsp3) is 0.731. The molecule has 1 rings (SSSR count). The van der Waals surface area contributed by atoms with E-state index in [4.69, 9.17) is 23.7 Å². The molecule has 12 nitrogen and oxygen atoms in total. The van der Waals surface area contributed by atoms with Gasteiger partial charge in [0.1, 0.15) is 18.8 Å². The molecule has 1 aliphatic rings. The van der Waals surface area contributed by atoms with Gasteiger partial charge in [0.05, 0.1) is 6.61 Å². The zero-order chi connectivity index (χ0) is 57.5. The highest BCUT2D eigenvalue weighted by Gasteiger charge is 2.50. The van der Waals surface area contributed by atoms with E-state index in [9.17, 15) is 34.5 Å². The Balaban J connectivity index is 2.71. The van der Waals surface area contributed by atoms with Gasteiger partial charge in [-0.1, -0.05) is 247 Å². The average molecular weight is 1110 g/mol. The van der Waals surface area contributed by atoms with Gasteiger partial charge in [-0.2, -0.15) is 0 Å². The highest BCUT2D eigenvalue weighted by molar-refractivity contribution is 5.74. The number of hydrogen-bond donors (Lipinski definition) is 3. The summed E-state index contributed by atoms with van der Waals surface area (Å²) in [7, 11) is 0. The van der Waals surface area contributed by atoms with Crippen molar-refractivity contribution in [3.8, 4) is 0 Å². The molecule has 0 saturated carbocycles. The highest BCUT2D eigenvalue weighted by Crippen LogP contribution is 2.26. The number of carbonyl (C=O) groups is 4. The van der Waals surface area contributed by atoms with Gasteiger partial charge in [0.2, 0.25) is 0 Å². The van der Waals surface area contributed by atoms with Crippen molar-refractivity contribution in [2.45, 2.75) is 302 Å². The lowest BCUT2D eigenvalue weighted by molar-refractivity contribution is -0.301. The zero-order valence-electron chi connectivity index (χ0n) is 49.8. The minimum atomic E-state index is -1.91. The summed E-state index contributed by atoms with van der Waals surface area (Å²) in [6.07, 6.45) is 58.4. The molecule has 0 spiro atoms. The third-order valence-electron chi connectivity index (χ3n) is 14.0. The lowest BCUT2D eigenvalue weighted by Gasteiger charge is -2.40. The molecule has 3 N–H and O–H groups in total. The Morgan fingerprint density at radius 1 is 0.430 bits per heavy atom. The van der Waals surface area contributed by atoms with Crippen LogP contribution in [0.4, 0.5) is 0 Å². The van der Waals surface area contributed by atoms with Crippen LogP contribution in [0.1, 0.15) is 265 Å². The first kappa shape index (κ1) is 72.9. The molecule has 0 amide bonds. The molecule has 1 heterocycles. The number of esters is 3. The van der Waals surface area contributed by atoms with Crippen LogP contribution in [0.2, 0.25) is 0 Å². The number of carboxylic acid groups (broad SMARTS) is 1. The number of carboxylic acids is 1. The lowest BCUT2D eigenvalue weighted by Crippen LogP contribution is -2.61. The average Bonchev–Trinajstić information content (AvgIpc) is 3.47. The van der Waals surface area contributed by atoms with E-state index in [2.05, 4.69) is 93.7 Å². The monoisotopic (exact) mass is 1110 g/mol. The minimum Gasteiger partial charge on any atom is -0.479 e. The lowest BCUT2D eigenvalue weighted by atomic mass is 9.98. The van der Waals surface area contributed by atoms with E-state index in [-0.39, 0.29) is 25.9 Å². The second kappa shape index (κ2) is 54.5. The summed E-state index contributed by atoms with van der Waals surface area (Å²) in [5.41, 5.74) is 0. The molecule has 6 unspecified atom stereocenters. The van der Waals surface area contributed by atoms with Crippen molar-refractivity contribution < 1.29 is 58.2 Å². The second-order valence-corrected chi connectivity index (χ2v) is 21.3. The fourth-order valence-electron chi connectivity index (χ4n) is 9.15. The Kier molecular flexibility index (Phi) is 50.3. The number of unbranched alkanes of at least 4 members (excludes halogenated alkanes) is 25. The van der Waals surface area contributed by atoms with E-state index in [1.54, 1.807) is 0 Å². The molecule has 0 aromatic rings. The minimum absolute atomic E-state index is 0.0474. The van der Waals surface area contributed by atoms with Crippen molar-refractivity contribution in [1.29, 1.82) is 0 Å². The number of aliphatic hydroxyl groups excluding tert-OH is 2. The molecule has 1 saturated heterocycles. The van der Waals surface area contributed by atoms with E-state index in [0.717, 1.165) is 96.3 Å². The number of aliphatic carboxylic acids is 1. The Labute approximate surface area is 480 Å². The number of carbonyl (C=O) groups excluding carboxylic acids is 3. The van der Waals surface area contributed by atoms with Crippen molar-refractivity contribution in [1.82, 2.24) is 0 Å². The van der Waals surface area contributed by atoms with Gasteiger partial charge in [0, 0.05) is 19.3 Å². The molecule has 79 heavy (non-hydrogen) atoms. The van der Waals surface area contributed by atoms with Crippen LogP contribution >= 0.6 is 0 Å². The molecule has 6 atom stereocenters. The van der Waals surface area contributed by atoms with Crippen LogP contribution in [0, 0.1) is 0 Å². The molecule has 452 valence electrons. The number of hydrogen-bond acceptors (Lipinski definition) is 11. The van der Waals surface area contributed by atoms with Crippen molar-refractivity contribution >= 4 is 23.9 Å². The van der Waals surface area contributed by atoms with Gasteiger partial charge in [0.15, 0.2) is 24.6 Å². The Bertz CT molecular complexity index is 1700. The van der Waals surface area contributed by atoms with E-state index >= 15 is 0 Å². The van der Waals surface area contributed by atoms with Crippen molar-refractivity contribution in [2.24, 2.45) is 0 Å². The molecule has 0 radical (unpaired) electrons. The van der Waals surface area contributed by atoms with Crippen molar-refractivity contribution in [3.63, 3.8) is 0 Å². The smallest absolute Gasteiger partial charge is 0.335 e. The van der Waals surface area contributed by atoms with Crippen LogP contribution in [-0.2, 0) is 42.9 Å². The third kappa shape index (κ3) is 44.3. The molecular weight excluding hydrogens is 997 g/mol. The molecule has 1 fully saturated rings. The third-order valence-corrected chi connectivity index (χ3v) is 14.0. The Morgan fingerprint density at radius 2 is 0.823 bits per heavy atom. The predicted octanol–water partition coefficient (Wildman–Crippen LogP) is 16.7. The molecule has 1 aliphatic heterocycles. The Morgan fingerprint density at radius 3 is 1.27 bits per heavy atom. The van der Waals surface area contributed by atoms with Gasteiger partial charge in [-0.3, -0.25) is 14.4 Å². The number of aliphatic hydroxyl groups is 2. The van der Waals surface area contributed by atoms with E-state index in [0.29, 0.717) is 19.3 Å². The highest BCUT2D eigenvalue weighted by atomic mass is 16.7. The van der Waals surface area contributed by atoms with Crippen LogP contribution in [0.3, 0.4) is 0 Å². The van der Waals surface area contributed by atoms with Crippen LogP contribution in [0.25, 0.3) is 0 Å². The molecule has 0 aromatic carbocycles. The summed E-state index contributed by atoms with van der Waals surface area (Å²) in [4.78, 5) is 51.2. The first-order chi connectivity index (χ1) is 38.6. The molecule has 0 bridgehead atoms. The molecular formula is C67H112O12. The van der Waals surface area contributed by atoms with E-state index < -0.39 is 67.3 Å². The predicted molar refractivity (Wildman–Crippen MR) is 321 cm³/mol. The maximum absolute atomic E-state index is 13.2. The summed E-state index contributed by atoms with van der Waals surface area (Å²) < 4.78 is 28.4. The van der Waals surface area contributed by atoms with Gasteiger partial charge in [-0.15, -0.1) is 0 Å². The van der Waals surface area contributed by atoms with Crippen LogP contribution in [0.5, 0.6) is 0 Å². The SMILES string of the molecule is CC/C=C\C/C=C\C/C=C\C/C=C\C/C=C\C/C=C\CCC(=O)OCC(COC1OC(C(=O)O)C(O)C(O)C1OC(=O)CCCCCCCCC/C=C\CCCCCCCC)OC(=O)CCCCCCCCCCCCCCC. The van der Waals surface area contributed by atoms with E-state index in [1.165, 1.54) is 109 Å². The van der Waals surface area contributed by atoms with Gasteiger partial charge < -0.3 is 39.0 Å². The van der Waals surface area contributed by atoms with Gasteiger partial charge in [-0.05, 0) is 83.5 Å². The first-order valence-electron chi connectivity index (χ1n) is 31.6. The standard InChI is InChI=1S/C67H112O12/c1-4-7-10-13-16-19-22-25-27-29-30-32-33-36-38-41-44-47-50-53-59(68)75-56-58(77-60(69)54-51-48-45-42-39-35-24-21-18-15-12-9-6-3)57-76-67-65(63(72)62(71)64(79-67)66(73)74)78-61(70)55-52-49-46-43-40-37-34-31-28-26-23-20-17-14-11-8-5-2/h7,10,16,19,25-28,30,32,36,38,44,47,58,62-65,67,71-72H,4-6,8-9,11-15,17-18,20-24,29,31,33-35,37,39-43,45-46,48-57H2,1-3H3,(H,73,74)/b10-7-,19-16-,27-25-,28-26-,32-30-,38-36-,47-44-. The van der Waals surface area contributed by atoms with Crippen LogP contribution in [0.15, 0.2) is 85.1 Å². The Hall–Kier alpha value is -4.10. The normalized spacial score (nSPS) is 18.4. The largest absolute Gasteiger partial charge is 0.479 e. The molecule has 12 heteroatoms. The van der Waals surface area contributed by atoms with Gasteiger partial charge >= 0.3 is 23.9 Å². The van der Waals surface area contributed by atoms with Crippen molar-refractivity contribution in [2.75, 3.05) is 13.2 Å². The summed E-state index contributed by atoms with van der Waals surface area (Å²) in [5.74, 6) is -3.23. The summed E-state index contributed by atoms with van der Waals surface area (Å²) in [6, 6.07) is 0.